The topological polar surface area (TPSA) is 26.0 Å². The fraction of sp³-hybridized carbons (Fsp3) is 0.333. The Morgan fingerprint density at radius 3 is 1.95 bits per heavy atom. The van der Waals surface area contributed by atoms with Gasteiger partial charge < -0.3 is 5.73 Å². The van der Waals surface area contributed by atoms with E-state index in [0.717, 1.165) is 6.42 Å². The van der Waals surface area contributed by atoms with Crippen LogP contribution in [0.2, 0.25) is 0 Å². The number of benzene rings is 2. The molecular weight excluding hydrogens is 230 g/mol. The van der Waals surface area contributed by atoms with Gasteiger partial charge in [0.2, 0.25) is 0 Å². The first-order valence-corrected chi connectivity index (χ1v) is 6.92. The number of hydrogen-bond acceptors (Lipinski definition) is 1. The Balaban J connectivity index is 2.21. The highest BCUT2D eigenvalue weighted by Crippen LogP contribution is 2.22. The number of rotatable bonds is 4. The van der Waals surface area contributed by atoms with Gasteiger partial charge in [0, 0.05) is 5.92 Å². The van der Waals surface area contributed by atoms with Gasteiger partial charge in [0.05, 0.1) is 0 Å². The van der Waals surface area contributed by atoms with Crippen LogP contribution in [-0.4, -0.2) is 6.54 Å². The van der Waals surface area contributed by atoms with Gasteiger partial charge in [0.1, 0.15) is 0 Å². The smallest absolute Gasteiger partial charge is 0.000157 e. The summed E-state index contributed by atoms with van der Waals surface area (Å²) in [5, 5.41) is 0. The van der Waals surface area contributed by atoms with Crippen LogP contribution in [-0.2, 0) is 6.42 Å². The monoisotopic (exact) mass is 253 g/mol. The summed E-state index contributed by atoms with van der Waals surface area (Å²) in [4.78, 5) is 0. The van der Waals surface area contributed by atoms with Gasteiger partial charge in [0.15, 0.2) is 0 Å². The zero-order valence-electron chi connectivity index (χ0n) is 12.1. The molecule has 2 rings (SSSR count). The van der Waals surface area contributed by atoms with Crippen molar-refractivity contribution in [1.82, 2.24) is 0 Å². The second-order valence-electron chi connectivity index (χ2n) is 5.54. The molecule has 1 unspecified atom stereocenters. The van der Waals surface area contributed by atoms with Crippen LogP contribution in [0.5, 0.6) is 0 Å². The molecule has 0 amide bonds. The van der Waals surface area contributed by atoms with E-state index in [4.69, 9.17) is 5.73 Å². The van der Waals surface area contributed by atoms with Gasteiger partial charge in [-0.3, -0.25) is 0 Å². The van der Waals surface area contributed by atoms with Crippen LogP contribution in [0.25, 0.3) is 0 Å². The predicted molar refractivity (Wildman–Crippen MR) is 82.6 cm³/mol. The second kappa shape index (κ2) is 6.03. The van der Waals surface area contributed by atoms with Crippen molar-refractivity contribution in [3.8, 4) is 0 Å². The van der Waals surface area contributed by atoms with Crippen molar-refractivity contribution in [2.24, 2.45) is 5.73 Å². The third-order valence-electron chi connectivity index (χ3n) is 3.60. The summed E-state index contributed by atoms with van der Waals surface area (Å²) in [6, 6.07) is 15.5. The van der Waals surface area contributed by atoms with Crippen molar-refractivity contribution in [3.63, 3.8) is 0 Å². The Bertz CT molecular complexity index is 520. The first-order chi connectivity index (χ1) is 9.08. The molecule has 1 nitrogen and oxygen atoms in total. The van der Waals surface area contributed by atoms with Crippen LogP contribution in [0.4, 0.5) is 0 Å². The molecule has 0 fully saturated rings. The molecule has 0 aliphatic rings. The molecular formula is C18H23N. The summed E-state index contributed by atoms with van der Waals surface area (Å²) in [5.74, 6) is 0.404. The van der Waals surface area contributed by atoms with Gasteiger partial charge >= 0.3 is 0 Å². The molecule has 100 valence electrons. The minimum absolute atomic E-state index is 0.404. The van der Waals surface area contributed by atoms with Gasteiger partial charge in [-0.2, -0.15) is 0 Å². The molecule has 0 radical (unpaired) electrons. The summed E-state index contributed by atoms with van der Waals surface area (Å²) in [6.07, 6.45) is 1.02. The lowest BCUT2D eigenvalue weighted by Gasteiger charge is -2.16. The normalized spacial score (nSPS) is 12.4. The molecule has 0 aromatic heterocycles. The fourth-order valence-electron chi connectivity index (χ4n) is 2.65. The van der Waals surface area contributed by atoms with Crippen LogP contribution in [0.15, 0.2) is 42.5 Å². The van der Waals surface area contributed by atoms with Crippen LogP contribution in [0.3, 0.4) is 0 Å². The quantitative estimate of drug-likeness (QED) is 0.878. The highest BCUT2D eigenvalue weighted by atomic mass is 14.5. The average molecular weight is 253 g/mol. The van der Waals surface area contributed by atoms with E-state index in [0.29, 0.717) is 12.5 Å². The minimum Gasteiger partial charge on any atom is -0.330 e. The van der Waals surface area contributed by atoms with Crippen molar-refractivity contribution >= 4 is 0 Å². The summed E-state index contributed by atoms with van der Waals surface area (Å²) in [5.41, 5.74) is 12.6. The molecule has 0 bridgehead atoms. The Morgan fingerprint density at radius 1 is 0.842 bits per heavy atom. The van der Waals surface area contributed by atoms with Crippen LogP contribution in [0.1, 0.15) is 33.7 Å². The maximum atomic E-state index is 5.97. The third kappa shape index (κ3) is 3.68. The second-order valence-corrected chi connectivity index (χ2v) is 5.54. The van der Waals surface area contributed by atoms with Gasteiger partial charge in [-0.25, -0.2) is 0 Å². The number of nitrogens with two attached hydrogens (primary N) is 1. The number of aryl methyl sites for hydroxylation is 3. The molecule has 0 saturated heterocycles. The van der Waals surface area contributed by atoms with E-state index >= 15 is 0 Å². The largest absolute Gasteiger partial charge is 0.330 e. The van der Waals surface area contributed by atoms with Crippen molar-refractivity contribution < 1.29 is 0 Å². The first-order valence-electron chi connectivity index (χ1n) is 6.92. The molecule has 0 heterocycles. The predicted octanol–water partition coefficient (Wildman–Crippen LogP) is 3.90. The summed E-state index contributed by atoms with van der Waals surface area (Å²) in [7, 11) is 0. The van der Waals surface area contributed by atoms with Gasteiger partial charge in [-0.05, 0) is 44.9 Å². The highest BCUT2D eigenvalue weighted by molar-refractivity contribution is 5.32. The number of hydrogen-bond donors (Lipinski definition) is 1. The molecule has 0 aliphatic carbocycles. The highest BCUT2D eigenvalue weighted by Gasteiger charge is 2.11. The van der Waals surface area contributed by atoms with Crippen molar-refractivity contribution in [2.45, 2.75) is 33.1 Å². The molecule has 0 saturated carbocycles. The molecule has 19 heavy (non-hydrogen) atoms. The van der Waals surface area contributed by atoms with Gasteiger partial charge in [0.25, 0.3) is 0 Å². The average Bonchev–Trinajstić information content (AvgIpc) is 2.36. The minimum atomic E-state index is 0.404. The Kier molecular flexibility index (Phi) is 4.39. The van der Waals surface area contributed by atoms with E-state index in [2.05, 4.69) is 63.2 Å². The summed E-state index contributed by atoms with van der Waals surface area (Å²) in [6.45, 7) is 7.11. The van der Waals surface area contributed by atoms with E-state index in [-0.39, 0.29) is 0 Å². The Hall–Kier alpha value is -1.60. The van der Waals surface area contributed by atoms with Crippen molar-refractivity contribution in [2.75, 3.05) is 6.54 Å². The lowest BCUT2D eigenvalue weighted by Crippen LogP contribution is -2.15. The SMILES string of the molecule is Cc1ccc(C(CN)Cc2cc(C)cc(C)c2)cc1. The lowest BCUT2D eigenvalue weighted by molar-refractivity contribution is 0.693. The van der Waals surface area contributed by atoms with Crippen molar-refractivity contribution in [3.05, 3.63) is 70.3 Å². The fourth-order valence-corrected chi connectivity index (χ4v) is 2.65. The first kappa shape index (κ1) is 13.8. The zero-order chi connectivity index (χ0) is 13.8. The van der Waals surface area contributed by atoms with E-state index in [1.54, 1.807) is 0 Å². The molecule has 0 spiro atoms. The van der Waals surface area contributed by atoms with E-state index in [1.165, 1.54) is 27.8 Å². The lowest BCUT2D eigenvalue weighted by atomic mass is 9.90. The molecule has 1 heteroatoms. The maximum Gasteiger partial charge on any atom is 0.000157 e. The maximum absolute atomic E-state index is 5.97. The van der Waals surface area contributed by atoms with E-state index in [1.807, 2.05) is 0 Å². The molecule has 1 atom stereocenters. The Morgan fingerprint density at radius 2 is 1.42 bits per heavy atom. The zero-order valence-corrected chi connectivity index (χ0v) is 12.1. The van der Waals surface area contributed by atoms with Gasteiger partial charge in [-0.15, -0.1) is 0 Å². The third-order valence-corrected chi connectivity index (χ3v) is 3.60. The molecule has 2 aromatic rings. The van der Waals surface area contributed by atoms with E-state index < -0.39 is 0 Å². The standard InChI is InChI=1S/C18H23N/c1-13-4-6-17(7-5-13)18(12-19)11-16-9-14(2)8-15(3)10-16/h4-10,18H,11-12,19H2,1-3H3. The van der Waals surface area contributed by atoms with Crippen molar-refractivity contribution in [1.29, 1.82) is 0 Å². The Labute approximate surface area is 116 Å². The summed E-state index contributed by atoms with van der Waals surface area (Å²) >= 11 is 0. The molecule has 2 N–H and O–H groups in total. The summed E-state index contributed by atoms with van der Waals surface area (Å²) < 4.78 is 0. The van der Waals surface area contributed by atoms with Crippen LogP contribution in [0, 0.1) is 20.8 Å². The van der Waals surface area contributed by atoms with Crippen LogP contribution < -0.4 is 5.73 Å². The van der Waals surface area contributed by atoms with Gasteiger partial charge in [-0.1, -0.05) is 59.2 Å². The van der Waals surface area contributed by atoms with E-state index in [9.17, 15) is 0 Å². The van der Waals surface area contributed by atoms with Crippen LogP contribution >= 0.6 is 0 Å². The molecule has 2 aromatic carbocycles. The molecule has 0 aliphatic heterocycles.